The van der Waals surface area contributed by atoms with Crippen molar-refractivity contribution in [3.8, 4) is 28.6 Å². The first-order chi connectivity index (χ1) is 17.0. The molecule has 0 amide bonds. The number of carbonyl (C=O) groups is 1. The molecule has 0 radical (unpaired) electrons. The first kappa shape index (κ1) is 24.3. The van der Waals surface area contributed by atoms with E-state index in [1.54, 1.807) is 21.1 Å². The number of carbonyl (C=O) groups excluding carboxylic acids is 1. The van der Waals surface area contributed by atoms with Gasteiger partial charge < -0.3 is 23.4 Å². The van der Waals surface area contributed by atoms with Crippen LogP contribution in [0.15, 0.2) is 57.3 Å². The van der Waals surface area contributed by atoms with E-state index in [-0.39, 0.29) is 12.4 Å². The van der Waals surface area contributed by atoms with Crippen LogP contribution in [0.1, 0.15) is 19.5 Å². The molecule has 8 nitrogen and oxygen atoms in total. The van der Waals surface area contributed by atoms with Gasteiger partial charge in [0.2, 0.25) is 5.13 Å². The average molecular weight is 495 g/mol. The lowest BCUT2D eigenvalue weighted by molar-refractivity contribution is -0.142. The van der Waals surface area contributed by atoms with Crippen molar-refractivity contribution in [3.63, 3.8) is 0 Å². The van der Waals surface area contributed by atoms with E-state index in [0.29, 0.717) is 58.0 Å². The molecule has 35 heavy (non-hydrogen) atoms. The van der Waals surface area contributed by atoms with Crippen LogP contribution in [-0.2, 0) is 16.0 Å². The molecule has 0 aliphatic heterocycles. The van der Waals surface area contributed by atoms with Crippen LogP contribution in [0.2, 0.25) is 0 Å². The van der Waals surface area contributed by atoms with Gasteiger partial charge in [0.25, 0.3) is 0 Å². The van der Waals surface area contributed by atoms with Crippen LogP contribution in [0.25, 0.3) is 22.3 Å². The summed E-state index contributed by atoms with van der Waals surface area (Å²) >= 11 is 1.36. The lowest BCUT2D eigenvalue weighted by Crippen LogP contribution is -2.07. The minimum Gasteiger partial charge on any atom is -0.494 e. The van der Waals surface area contributed by atoms with Crippen molar-refractivity contribution < 1.29 is 28.2 Å². The molecule has 0 saturated carbocycles. The zero-order valence-corrected chi connectivity index (χ0v) is 20.8. The minimum atomic E-state index is -0.314. The predicted octanol–water partition coefficient (Wildman–Crippen LogP) is 5.31. The number of fused-ring (bicyclic) bond motifs is 1. The largest absolute Gasteiger partial charge is 0.494 e. The smallest absolute Gasteiger partial charge is 0.311 e. The van der Waals surface area contributed by atoms with E-state index in [4.69, 9.17) is 28.4 Å². The maximum absolute atomic E-state index is 11.8. The van der Waals surface area contributed by atoms with Gasteiger partial charge in [-0.3, -0.25) is 4.79 Å². The van der Waals surface area contributed by atoms with Crippen LogP contribution in [0.3, 0.4) is 0 Å². The third-order valence-electron chi connectivity index (χ3n) is 5.08. The van der Waals surface area contributed by atoms with E-state index in [0.717, 1.165) is 10.9 Å². The Labute approximate surface area is 206 Å². The Morgan fingerprint density at radius 3 is 2.60 bits per heavy atom. The number of hydrogen-bond acceptors (Lipinski definition) is 9. The number of hydrogen-bond donors (Lipinski definition) is 0. The Kier molecular flexibility index (Phi) is 7.67. The third kappa shape index (κ3) is 5.63. The minimum absolute atomic E-state index is 0.107. The molecule has 0 N–H and O–H groups in total. The van der Waals surface area contributed by atoms with Crippen LogP contribution in [-0.4, -0.2) is 38.4 Å². The molecule has 2 heterocycles. The van der Waals surface area contributed by atoms with E-state index in [1.807, 2.05) is 54.8 Å². The number of nitrogens with zero attached hydrogens (tertiary/aromatic N) is 2. The van der Waals surface area contributed by atoms with Crippen LogP contribution >= 0.6 is 11.3 Å². The van der Waals surface area contributed by atoms with E-state index >= 15 is 0 Å². The summed E-state index contributed by atoms with van der Waals surface area (Å²) in [6.45, 7) is 4.59. The Hall–Kier alpha value is -3.85. The highest BCUT2D eigenvalue weighted by atomic mass is 32.1. The fraction of sp³-hybridized carbons (Fsp3) is 0.269. The van der Waals surface area contributed by atoms with Crippen LogP contribution in [0, 0.1) is 0 Å². The number of aromatic nitrogens is 1. The summed E-state index contributed by atoms with van der Waals surface area (Å²) in [5.74, 6) is 2.22. The molecule has 4 aromatic rings. The third-order valence-corrected chi connectivity index (χ3v) is 5.86. The van der Waals surface area contributed by atoms with Crippen LogP contribution in [0.5, 0.6) is 17.2 Å². The van der Waals surface area contributed by atoms with Crippen LogP contribution in [0.4, 0.5) is 5.13 Å². The predicted molar refractivity (Wildman–Crippen MR) is 134 cm³/mol. The van der Waals surface area contributed by atoms with Crippen molar-refractivity contribution in [3.05, 3.63) is 58.9 Å². The van der Waals surface area contributed by atoms with Gasteiger partial charge in [0, 0.05) is 22.4 Å². The van der Waals surface area contributed by atoms with E-state index in [9.17, 15) is 4.79 Å². The van der Waals surface area contributed by atoms with Crippen molar-refractivity contribution in [1.29, 1.82) is 0 Å². The van der Waals surface area contributed by atoms with Crippen LogP contribution < -0.4 is 19.6 Å². The Bertz CT molecular complexity index is 1410. The zero-order valence-electron chi connectivity index (χ0n) is 20.0. The van der Waals surface area contributed by atoms with Crippen molar-refractivity contribution >= 4 is 33.4 Å². The van der Waals surface area contributed by atoms with Crippen molar-refractivity contribution in [2.24, 2.45) is 4.99 Å². The standard InChI is InChI=1S/C26H26N2O6S/c1-5-32-18-8-10-21-19(13-18)20(28-26-27-17(15-35-26)12-25(29)33-6-2)14-23(34-21)16-7-9-22(30-3)24(11-16)31-4/h7-11,13-15H,5-6,12H2,1-4H3/b28-20+. The van der Waals surface area contributed by atoms with E-state index in [2.05, 4.69) is 4.98 Å². The Balaban J connectivity index is 1.83. The summed E-state index contributed by atoms with van der Waals surface area (Å²) in [4.78, 5) is 21.1. The summed E-state index contributed by atoms with van der Waals surface area (Å²) in [6.07, 6.45) is 0.107. The number of ether oxygens (including phenoxy) is 4. The van der Waals surface area contributed by atoms with Crippen molar-refractivity contribution in [1.82, 2.24) is 4.98 Å². The first-order valence-corrected chi connectivity index (χ1v) is 12.0. The highest BCUT2D eigenvalue weighted by Gasteiger charge is 2.12. The van der Waals surface area contributed by atoms with Gasteiger partial charge in [0.05, 0.1) is 44.9 Å². The highest BCUT2D eigenvalue weighted by molar-refractivity contribution is 7.13. The fourth-order valence-electron chi connectivity index (χ4n) is 3.52. The zero-order chi connectivity index (χ0) is 24.8. The van der Waals surface area contributed by atoms with Gasteiger partial charge in [-0.2, -0.15) is 0 Å². The number of methoxy groups -OCH3 is 2. The Morgan fingerprint density at radius 1 is 1.03 bits per heavy atom. The van der Waals surface area contributed by atoms with Gasteiger partial charge in [-0.15, -0.1) is 11.3 Å². The maximum Gasteiger partial charge on any atom is 0.311 e. The second-order valence-corrected chi connectivity index (χ2v) is 8.21. The molecule has 0 spiro atoms. The molecule has 2 aromatic carbocycles. The molecule has 0 aliphatic carbocycles. The molecule has 0 saturated heterocycles. The SMILES string of the molecule is CCOC(=O)Cc1csc(/N=c2\cc(-c3ccc(OC)c(OC)c3)oc3ccc(OCC)cc23)n1. The normalized spacial score (nSPS) is 11.5. The topological polar surface area (TPSA) is 92.4 Å². The summed E-state index contributed by atoms with van der Waals surface area (Å²) in [5, 5.41) is 3.78. The molecule has 0 aliphatic rings. The molecule has 0 bridgehead atoms. The summed E-state index contributed by atoms with van der Waals surface area (Å²) in [7, 11) is 3.18. The highest BCUT2D eigenvalue weighted by Crippen LogP contribution is 2.33. The van der Waals surface area contributed by atoms with E-state index in [1.165, 1.54) is 11.3 Å². The number of rotatable bonds is 9. The molecule has 0 fully saturated rings. The first-order valence-electron chi connectivity index (χ1n) is 11.1. The summed E-state index contributed by atoms with van der Waals surface area (Å²) in [5.41, 5.74) is 2.06. The Morgan fingerprint density at radius 2 is 1.86 bits per heavy atom. The average Bonchev–Trinajstić information content (AvgIpc) is 3.30. The monoisotopic (exact) mass is 494 g/mol. The molecule has 4 rings (SSSR count). The fourth-order valence-corrected chi connectivity index (χ4v) is 4.22. The molecule has 0 unspecified atom stereocenters. The van der Waals surface area contributed by atoms with Crippen molar-refractivity contribution in [2.75, 3.05) is 27.4 Å². The second kappa shape index (κ2) is 11.1. The molecule has 9 heteroatoms. The lowest BCUT2D eigenvalue weighted by Gasteiger charge is -2.10. The van der Waals surface area contributed by atoms with Gasteiger partial charge in [-0.25, -0.2) is 9.98 Å². The van der Waals surface area contributed by atoms with Gasteiger partial charge in [0.15, 0.2) is 11.5 Å². The van der Waals surface area contributed by atoms with E-state index < -0.39 is 0 Å². The van der Waals surface area contributed by atoms with Crippen molar-refractivity contribution in [2.45, 2.75) is 20.3 Å². The molecular weight excluding hydrogens is 468 g/mol. The van der Waals surface area contributed by atoms with Gasteiger partial charge in [-0.1, -0.05) is 0 Å². The molecular formula is C26H26N2O6S. The number of esters is 1. The second-order valence-electron chi connectivity index (χ2n) is 7.37. The van der Waals surface area contributed by atoms with Gasteiger partial charge in [-0.05, 0) is 50.2 Å². The molecule has 2 aromatic heterocycles. The number of benzene rings is 2. The quantitative estimate of drug-likeness (QED) is 0.291. The van der Waals surface area contributed by atoms with Gasteiger partial charge in [0.1, 0.15) is 17.1 Å². The number of thiazole rings is 1. The molecule has 182 valence electrons. The lowest BCUT2D eigenvalue weighted by atomic mass is 10.1. The maximum atomic E-state index is 11.8. The summed E-state index contributed by atoms with van der Waals surface area (Å²) in [6, 6.07) is 13.0. The van der Waals surface area contributed by atoms with Gasteiger partial charge >= 0.3 is 5.97 Å². The molecule has 0 atom stereocenters. The summed E-state index contributed by atoms with van der Waals surface area (Å²) < 4.78 is 27.7.